The molecule has 0 fully saturated rings. The third-order valence-corrected chi connectivity index (χ3v) is 6.84. The maximum atomic E-state index is 5.48. The van der Waals surface area contributed by atoms with Gasteiger partial charge >= 0.3 is 0 Å². The summed E-state index contributed by atoms with van der Waals surface area (Å²) in [7, 11) is 0. The van der Waals surface area contributed by atoms with Crippen LogP contribution >= 0.6 is 0 Å². The van der Waals surface area contributed by atoms with Crippen molar-refractivity contribution < 1.29 is 0 Å². The van der Waals surface area contributed by atoms with Crippen molar-refractivity contribution in [3.63, 3.8) is 0 Å². The van der Waals surface area contributed by atoms with Gasteiger partial charge in [0.1, 0.15) is 0 Å². The molecule has 0 aliphatic carbocycles. The molecule has 0 aromatic rings. The van der Waals surface area contributed by atoms with Crippen LogP contribution in [0, 0.1) is 0 Å². The number of rotatable bonds is 31. The maximum Gasteiger partial charge on any atom is -0.00368 e. The molecule has 0 aliphatic rings. The molecule has 0 bridgehead atoms. The standard InChI is InChI=1S/C31H66N4/c1-2-3-4-5-6-7-8-9-10-11-12-13-14-15-16-17-18-19-20-21-26-33-28-23-30-35-31-24-29-34-27-22-25-32/h9-10,33-35H,2-8,11-32H2,1H3/b10-9-. The Morgan fingerprint density at radius 1 is 0.400 bits per heavy atom. The van der Waals surface area contributed by atoms with Crippen LogP contribution in [0.1, 0.15) is 142 Å². The van der Waals surface area contributed by atoms with Gasteiger partial charge in [-0.15, -0.1) is 0 Å². The van der Waals surface area contributed by atoms with Gasteiger partial charge in [0, 0.05) is 0 Å². The normalized spacial score (nSPS) is 11.7. The second-order valence-corrected chi connectivity index (χ2v) is 10.5. The van der Waals surface area contributed by atoms with Crippen LogP contribution in [0.3, 0.4) is 0 Å². The Kier molecular flexibility index (Phi) is 33.2. The summed E-state index contributed by atoms with van der Waals surface area (Å²) in [6.45, 7) is 9.82. The minimum absolute atomic E-state index is 0.788. The van der Waals surface area contributed by atoms with E-state index < -0.39 is 0 Å². The number of hydrogen-bond donors (Lipinski definition) is 4. The maximum absolute atomic E-state index is 5.48. The van der Waals surface area contributed by atoms with E-state index >= 15 is 0 Å². The average molecular weight is 495 g/mol. The summed E-state index contributed by atoms with van der Waals surface area (Å²) >= 11 is 0. The first kappa shape index (κ1) is 34.6. The van der Waals surface area contributed by atoms with Crippen molar-refractivity contribution >= 4 is 0 Å². The van der Waals surface area contributed by atoms with Gasteiger partial charge in [-0.1, -0.05) is 103 Å². The van der Waals surface area contributed by atoms with E-state index in [-0.39, 0.29) is 0 Å². The molecule has 35 heavy (non-hydrogen) atoms. The van der Waals surface area contributed by atoms with Crippen LogP contribution in [0.25, 0.3) is 0 Å². The number of nitrogens with one attached hydrogen (secondary N) is 3. The minimum atomic E-state index is 0.788. The van der Waals surface area contributed by atoms with E-state index in [1.807, 2.05) is 0 Å². The summed E-state index contributed by atoms with van der Waals surface area (Å²) < 4.78 is 0. The molecule has 0 saturated carbocycles. The lowest BCUT2D eigenvalue weighted by molar-refractivity contribution is 0.531. The summed E-state index contributed by atoms with van der Waals surface area (Å²) in [4.78, 5) is 0. The molecule has 0 unspecified atom stereocenters. The number of allylic oxidation sites excluding steroid dienone is 2. The largest absolute Gasteiger partial charge is 0.330 e. The molecule has 0 aromatic heterocycles. The van der Waals surface area contributed by atoms with Crippen LogP contribution in [-0.2, 0) is 0 Å². The molecular formula is C31H66N4. The Labute approximate surface area is 221 Å². The molecule has 5 N–H and O–H groups in total. The fourth-order valence-corrected chi connectivity index (χ4v) is 4.48. The lowest BCUT2D eigenvalue weighted by atomic mass is 10.1. The third kappa shape index (κ3) is 33.6. The molecular weight excluding hydrogens is 428 g/mol. The summed E-state index contributed by atoms with van der Waals surface area (Å²) in [5.41, 5.74) is 5.48. The van der Waals surface area contributed by atoms with Gasteiger partial charge < -0.3 is 21.7 Å². The van der Waals surface area contributed by atoms with Gasteiger partial charge in [-0.2, -0.15) is 0 Å². The fraction of sp³-hybridized carbons (Fsp3) is 0.935. The van der Waals surface area contributed by atoms with Crippen molar-refractivity contribution in [2.24, 2.45) is 5.73 Å². The topological polar surface area (TPSA) is 62.1 Å². The summed E-state index contributed by atoms with van der Waals surface area (Å²) in [6, 6.07) is 0. The molecule has 0 aromatic carbocycles. The summed E-state index contributed by atoms with van der Waals surface area (Å²) in [5.74, 6) is 0. The van der Waals surface area contributed by atoms with Crippen molar-refractivity contribution in [1.29, 1.82) is 0 Å². The molecule has 0 aliphatic heterocycles. The zero-order chi connectivity index (χ0) is 25.3. The second-order valence-electron chi connectivity index (χ2n) is 10.5. The number of hydrogen-bond acceptors (Lipinski definition) is 4. The van der Waals surface area contributed by atoms with E-state index in [2.05, 4.69) is 35.0 Å². The molecule has 0 rings (SSSR count). The SMILES string of the molecule is CCCCCCCC/C=C\CCCCCCCCCCCCNCCCNCCCNCCCN. The van der Waals surface area contributed by atoms with Crippen LogP contribution < -0.4 is 21.7 Å². The average Bonchev–Trinajstić information content (AvgIpc) is 2.87. The minimum Gasteiger partial charge on any atom is -0.330 e. The molecule has 4 heteroatoms. The lowest BCUT2D eigenvalue weighted by Gasteiger charge is -2.07. The van der Waals surface area contributed by atoms with Gasteiger partial charge in [-0.3, -0.25) is 0 Å². The van der Waals surface area contributed by atoms with E-state index in [9.17, 15) is 0 Å². The molecule has 0 atom stereocenters. The second kappa shape index (κ2) is 33.6. The fourth-order valence-electron chi connectivity index (χ4n) is 4.48. The van der Waals surface area contributed by atoms with E-state index in [1.54, 1.807) is 0 Å². The van der Waals surface area contributed by atoms with Crippen LogP contribution in [-0.4, -0.2) is 45.8 Å². The highest BCUT2D eigenvalue weighted by atomic mass is 14.9. The molecule has 0 radical (unpaired) electrons. The van der Waals surface area contributed by atoms with Crippen LogP contribution in [0.15, 0.2) is 12.2 Å². The molecule has 0 spiro atoms. The monoisotopic (exact) mass is 495 g/mol. The van der Waals surface area contributed by atoms with Crippen molar-refractivity contribution in [2.75, 3.05) is 45.8 Å². The van der Waals surface area contributed by atoms with Gasteiger partial charge in [0.05, 0.1) is 0 Å². The number of unbranched alkanes of at least 4 members (excludes halogenated alkanes) is 16. The van der Waals surface area contributed by atoms with E-state index in [0.717, 1.165) is 45.7 Å². The van der Waals surface area contributed by atoms with Gasteiger partial charge in [-0.05, 0) is 97.2 Å². The van der Waals surface area contributed by atoms with Crippen molar-refractivity contribution in [3.05, 3.63) is 12.2 Å². The summed E-state index contributed by atoms with van der Waals surface area (Å²) in [5, 5.41) is 10.6. The Morgan fingerprint density at radius 2 is 0.743 bits per heavy atom. The van der Waals surface area contributed by atoms with Crippen LogP contribution in [0.4, 0.5) is 0 Å². The zero-order valence-corrected chi connectivity index (χ0v) is 24.0. The Morgan fingerprint density at radius 3 is 1.17 bits per heavy atom. The predicted octanol–water partition coefficient (Wildman–Crippen LogP) is 7.48. The highest BCUT2D eigenvalue weighted by molar-refractivity contribution is 4.81. The van der Waals surface area contributed by atoms with Gasteiger partial charge in [0.2, 0.25) is 0 Å². The smallest absolute Gasteiger partial charge is 0.00368 e. The Hall–Kier alpha value is -0.420. The quantitative estimate of drug-likeness (QED) is 0.0596. The van der Waals surface area contributed by atoms with E-state index in [1.165, 1.54) is 135 Å². The lowest BCUT2D eigenvalue weighted by Crippen LogP contribution is -2.26. The Bertz CT molecular complexity index is 386. The van der Waals surface area contributed by atoms with Crippen LogP contribution in [0.5, 0.6) is 0 Å². The van der Waals surface area contributed by atoms with Crippen molar-refractivity contribution in [1.82, 2.24) is 16.0 Å². The molecule has 0 heterocycles. The predicted molar refractivity (Wildman–Crippen MR) is 159 cm³/mol. The third-order valence-electron chi connectivity index (χ3n) is 6.84. The Balaban J connectivity index is 3.05. The van der Waals surface area contributed by atoms with E-state index in [0.29, 0.717) is 0 Å². The van der Waals surface area contributed by atoms with Gasteiger partial charge in [-0.25, -0.2) is 0 Å². The molecule has 4 nitrogen and oxygen atoms in total. The van der Waals surface area contributed by atoms with Crippen molar-refractivity contribution in [2.45, 2.75) is 142 Å². The first-order chi connectivity index (χ1) is 17.4. The van der Waals surface area contributed by atoms with Crippen molar-refractivity contribution in [3.8, 4) is 0 Å². The van der Waals surface area contributed by atoms with Gasteiger partial charge in [0.15, 0.2) is 0 Å². The van der Waals surface area contributed by atoms with Gasteiger partial charge in [0.25, 0.3) is 0 Å². The summed E-state index contributed by atoms with van der Waals surface area (Å²) in [6.07, 6.45) is 33.6. The number of nitrogens with two attached hydrogens (primary N) is 1. The first-order valence-electron chi connectivity index (χ1n) is 15.9. The highest BCUT2D eigenvalue weighted by Gasteiger charge is 1.95. The van der Waals surface area contributed by atoms with E-state index in [4.69, 9.17) is 5.73 Å². The highest BCUT2D eigenvalue weighted by Crippen LogP contribution is 2.12. The molecule has 0 saturated heterocycles. The molecule has 0 amide bonds. The first-order valence-corrected chi connectivity index (χ1v) is 15.9. The molecule has 210 valence electrons. The zero-order valence-electron chi connectivity index (χ0n) is 24.0. The van der Waals surface area contributed by atoms with Crippen LogP contribution in [0.2, 0.25) is 0 Å².